The highest BCUT2D eigenvalue weighted by atomic mass is 32.2. The smallest absolute Gasteiger partial charge is 0.122 e. The van der Waals surface area contributed by atoms with Gasteiger partial charge < -0.3 is 4.74 Å². The predicted molar refractivity (Wildman–Crippen MR) is 70.9 cm³/mol. The molecule has 0 bridgehead atoms. The molecule has 1 aromatic carbocycles. The maximum Gasteiger partial charge on any atom is 0.122 e. The first-order valence-corrected chi connectivity index (χ1v) is 6.69. The van der Waals surface area contributed by atoms with Gasteiger partial charge in [0, 0.05) is 11.8 Å². The average molecular weight is 240 g/mol. The van der Waals surface area contributed by atoms with Gasteiger partial charge in [-0.2, -0.15) is 11.8 Å². The van der Waals surface area contributed by atoms with Crippen LogP contribution in [0.3, 0.4) is 0 Å². The molecule has 0 aliphatic heterocycles. The van der Waals surface area contributed by atoms with Crippen molar-refractivity contribution in [3.8, 4) is 5.75 Å². The van der Waals surface area contributed by atoms with Crippen molar-refractivity contribution in [3.63, 3.8) is 0 Å². The third-order valence-corrected chi connectivity index (χ3v) is 3.24. The molecular formula is C12H20N2OS. The highest BCUT2D eigenvalue weighted by molar-refractivity contribution is 7.98. The molecule has 1 aromatic rings. The van der Waals surface area contributed by atoms with Crippen LogP contribution in [0, 0.1) is 6.92 Å². The zero-order chi connectivity index (χ0) is 12.0. The molecule has 1 rings (SSSR count). The van der Waals surface area contributed by atoms with E-state index in [4.69, 9.17) is 10.6 Å². The topological polar surface area (TPSA) is 47.3 Å². The summed E-state index contributed by atoms with van der Waals surface area (Å²) in [6, 6.07) is 6.51. The van der Waals surface area contributed by atoms with E-state index in [1.165, 1.54) is 11.1 Å². The largest absolute Gasteiger partial charge is 0.496 e. The Labute approximate surface area is 102 Å². The van der Waals surface area contributed by atoms with Crippen LogP contribution >= 0.6 is 11.8 Å². The summed E-state index contributed by atoms with van der Waals surface area (Å²) in [6.07, 6.45) is 2.97. The van der Waals surface area contributed by atoms with Gasteiger partial charge in [-0.3, -0.25) is 11.3 Å². The number of rotatable bonds is 6. The molecule has 0 saturated heterocycles. The lowest BCUT2D eigenvalue weighted by Gasteiger charge is -2.17. The zero-order valence-electron chi connectivity index (χ0n) is 10.1. The van der Waals surface area contributed by atoms with E-state index in [9.17, 15) is 0 Å². The second-order valence-corrected chi connectivity index (χ2v) is 4.75. The quantitative estimate of drug-likeness (QED) is 0.587. The summed E-state index contributed by atoms with van der Waals surface area (Å²) in [5.74, 6) is 7.46. The number of hydrogen-bond donors (Lipinski definition) is 2. The molecule has 1 unspecified atom stereocenters. The van der Waals surface area contributed by atoms with Crippen molar-refractivity contribution in [1.29, 1.82) is 0 Å². The molecule has 0 aromatic heterocycles. The standard InChI is InChI=1S/C12H20N2OS/c1-9-4-5-12(15-2)10(6-9)7-11(14-13)8-16-3/h4-6,11,14H,7-8,13H2,1-3H3. The minimum absolute atomic E-state index is 0.283. The minimum Gasteiger partial charge on any atom is -0.496 e. The lowest BCUT2D eigenvalue weighted by molar-refractivity contribution is 0.406. The number of benzene rings is 1. The van der Waals surface area contributed by atoms with Crippen LogP contribution in [0.2, 0.25) is 0 Å². The minimum atomic E-state index is 0.283. The molecule has 0 aliphatic rings. The van der Waals surface area contributed by atoms with Gasteiger partial charge in [0.2, 0.25) is 0 Å². The highest BCUT2D eigenvalue weighted by Gasteiger charge is 2.10. The van der Waals surface area contributed by atoms with E-state index in [0.29, 0.717) is 0 Å². The first-order chi connectivity index (χ1) is 7.71. The van der Waals surface area contributed by atoms with E-state index in [1.807, 2.05) is 6.07 Å². The maximum atomic E-state index is 5.53. The summed E-state index contributed by atoms with van der Waals surface area (Å²) < 4.78 is 5.35. The second-order valence-electron chi connectivity index (χ2n) is 3.84. The number of methoxy groups -OCH3 is 1. The average Bonchev–Trinajstić information content (AvgIpc) is 2.29. The molecule has 90 valence electrons. The number of thioether (sulfide) groups is 1. The molecule has 3 N–H and O–H groups in total. The Kier molecular flexibility index (Phi) is 5.66. The van der Waals surface area contributed by atoms with Crippen molar-refractivity contribution >= 4 is 11.8 Å². The van der Waals surface area contributed by atoms with Crippen LogP contribution in [0.4, 0.5) is 0 Å². The molecule has 1 atom stereocenters. The van der Waals surface area contributed by atoms with Crippen LogP contribution in [0.25, 0.3) is 0 Å². The fourth-order valence-electron chi connectivity index (χ4n) is 1.70. The molecule has 0 heterocycles. The predicted octanol–water partition coefficient (Wildman–Crippen LogP) is 1.74. The van der Waals surface area contributed by atoms with Crippen molar-refractivity contribution in [2.24, 2.45) is 5.84 Å². The Bertz CT molecular complexity index is 331. The lowest BCUT2D eigenvalue weighted by Crippen LogP contribution is -2.38. The normalized spacial score (nSPS) is 12.5. The number of ether oxygens (including phenoxy) is 1. The van der Waals surface area contributed by atoms with Gasteiger partial charge in [-0.1, -0.05) is 17.7 Å². The van der Waals surface area contributed by atoms with Crippen molar-refractivity contribution in [2.75, 3.05) is 19.1 Å². The molecule has 0 amide bonds. The first kappa shape index (κ1) is 13.4. The van der Waals surface area contributed by atoms with Crippen LogP contribution in [0.15, 0.2) is 18.2 Å². The molecular weight excluding hydrogens is 220 g/mol. The fraction of sp³-hybridized carbons (Fsp3) is 0.500. The van der Waals surface area contributed by atoms with E-state index in [2.05, 4.69) is 30.7 Å². The van der Waals surface area contributed by atoms with Crippen molar-refractivity contribution in [3.05, 3.63) is 29.3 Å². The Balaban J connectivity index is 2.80. The molecule has 0 aliphatic carbocycles. The summed E-state index contributed by atoms with van der Waals surface area (Å²) in [5, 5.41) is 0. The Hall–Kier alpha value is -0.710. The van der Waals surface area contributed by atoms with Crippen molar-refractivity contribution in [1.82, 2.24) is 5.43 Å². The van der Waals surface area contributed by atoms with Gasteiger partial charge in [0.05, 0.1) is 7.11 Å². The van der Waals surface area contributed by atoms with Crippen molar-refractivity contribution in [2.45, 2.75) is 19.4 Å². The Morgan fingerprint density at radius 2 is 2.25 bits per heavy atom. The number of hydrazine groups is 1. The number of nitrogens with two attached hydrogens (primary N) is 1. The molecule has 3 nitrogen and oxygen atoms in total. The van der Waals surface area contributed by atoms with E-state index in [-0.39, 0.29) is 6.04 Å². The van der Waals surface area contributed by atoms with Gasteiger partial charge in [-0.25, -0.2) is 0 Å². The number of aryl methyl sites for hydroxylation is 1. The maximum absolute atomic E-state index is 5.53. The number of hydrogen-bond acceptors (Lipinski definition) is 4. The fourth-order valence-corrected chi connectivity index (χ4v) is 2.32. The van der Waals surface area contributed by atoms with Crippen LogP contribution in [0.5, 0.6) is 5.75 Å². The van der Waals surface area contributed by atoms with E-state index in [0.717, 1.165) is 17.9 Å². The van der Waals surface area contributed by atoms with Crippen LogP contribution < -0.4 is 16.0 Å². The SMILES string of the molecule is COc1ccc(C)cc1CC(CSC)NN. The lowest BCUT2D eigenvalue weighted by atomic mass is 10.0. The third-order valence-electron chi connectivity index (χ3n) is 2.51. The van der Waals surface area contributed by atoms with Gasteiger partial charge in [0.15, 0.2) is 0 Å². The number of nitrogens with one attached hydrogen (secondary N) is 1. The highest BCUT2D eigenvalue weighted by Crippen LogP contribution is 2.21. The summed E-state index contributed by atoms with van der Waals surface area (Å²) in [4.78, 5) is 0. The summed E-state index contributed by atoms with van der Waals surface area (Å²) >= 11 is 1.79. The summed E-state index contributed by atoms with van der Waals surface area (Å²) in [7, 11) is 1.70. The molecule has 0 fully saturated rings. The molecule has 4 heteroatoms. The van der Waals surface area contributed by atoms with Crippen LogP contribution in [-0.2, 0) is 6.42 Å². The second kappa shape index (κ2) is 6.78. The summed E-state index contributed by atoms with van der Waals surface area (Å²) in [5.41, 5.74) is 5.30. The van der Waals surface area contributed by atoms with Gasteiger partial charge in [0.25, 0.3) is 0 Å². The zero-order valence-corrected chi connectivity index (χ0v) is 10.9. The van der Waals surface area contributed by atoms with E-state index >= 15 is 0 Å². The molecule has 0 radical (unpaired) electrons. The Morgan fingerprint density at radius 3 is 2.81 bits per heavy atom. The first-order valence-electron chi connectivity index (χ1n) is 5.29. The monoisotopic (exact) mass is 240 g/mol. The summed E-state index contributed by atoms with van der Waals surface area (Å²) in [6.45, 7) is 2.09. The van der Waals surface area contributed by atoms with Gasteiger partial charge in [0.1, 0.15) is 5.75 Å². The van der Waals surface area contributed by atoms with E-state index in [1.54, 1.807) is 18.9 Å². The molecule has 16 heavy (non-hydrogen) atoms. The van der Waals surface area contributed by atoms with Gasteiger partial charge in [-0.15, -0.1) is 0 Å². The molecule has 0 saturated carbocycles. The third kappa shape index (κ3) is 3.70. The molecule has 0 spiro atoms. The Morgan fingerprint density at radius 1 is 1.50 bits per heavy atom. The van der Waals surface area contributed by atoms with Gasteiger partial charge >= 0.3 is 0 Å². The van der Waals surface area contributed by atoms with E-state index < -0.39 is 0 Å². The van der Waals surface area contributed by atoms with Gasteiger partial charge in [-0.05, 0) is 31.2 Å². The van der Waals surface area contributed by atoms with Crippen LogP contribution in [-0.4, -0.2) is 25.2 Å². The van der Waals surface area contributed by atoms with Crippen LogP contribution in [0.1, 0.15) is 11.1 Å². The van der Waals surface area contributed by atoms with Crippen molar-refractivity contribution < 1.29 is 4.74 Å².